The van der Waals surface area contributed by atoms with Gasteiger partial charge in [0.2, 0.25) is 5.88 Å². The SMILES string of the molecule is CS(=O)(=O)CCCOc1ncc(-c2ccc3ncc(Cl)c(=O)n3c2)cc1NS(=O)(=O)c1ccc(F)cc1F. The molecule has 4 rings (SSSR count). The number of aromatic nitrogens is 3. The van der Waals surface area contributed by atoms with E-state index in [-0.39, 0.29) is 35.4 Å². The number of hydrogen-bond donors (Lipinski definition) is 1. The normalized spacial score (nSPS) is 12.0. The molecule has 0 saturated carbocycles. The quantitative estimate of drug-likeness (QED) is 0.296. The van der Waals surface area contributed by atoms with Crippen LogP contribution in [0.4, 0.5) is 14.5 Å². The van der Waals surface area contributed by atoms with E-state index in [1.807, 2.05) is 0 Å². The summed E-state index contributed by atoms with van der Waals surface area (Å²) in [5.41, 5.74) is 0.342. The molecule has 0 saturated heterocycles. The molecule has 0 unspecified atom stereocenters. The van der Waals surface area contributed by atoms with E-state index in [0.717, 1.165) is 18.4 Å². The molecule has 1 aromatic carbocycles. The highest BCUT2D eigenvalue weighted by atomic mass is 35.5. The van der Waals surface area contributed by atoms with Crippen molar-refractivity contribution in [3.63, 3.8) is 0 Å². The first kappa shape index (κ1) is 27.4. The molecule has 0 aliphatic heterocycles. The van der Waals surface area contributed by atoms with Crippen LogP contribution in [0.1, 0.15) is 6.42 Å². The molecule has 0 aliphatic carbocycles. The maximum Gasteiger partial charge on any atom is 0.276 e. The summed E-state index contributed by atoms with van der Waals surface area (Å²) < 4.78 is 85.2. The predicted molar refractivity (Wildman–Crippen MR) is 137 cm³/mol. The zero-order chi connectivity index (χ0) is 27.7. The second-order valence-electron chi connectivity index (χ2n) is 8.15. The zero-order valence-electron chi connectivity index (χ0n) is 19.6. The maximum atomic E-state index is 14.3. The summed E-state index contributed by atoms with van der Waals surface area (Å²) >= 11 is 5.88. The van der Waals surface area contributed by atoms with Crippen molar-refractivity contribution in [2.75, 3.05) is 23.3 Å². The number of nitrogens with one attached hydrogen (secondary N) is 1. The number of rotatable bonds is 9. The van der Waals surface area contributed by atoms with Crippen LogP contribution >= 0.6 is 11.6 Å². The van der Waals surface area contributed by atoms with Gasteiger partial charge in [0, 0.05) is 35.8 Å². The van der Waals surface area contributed by atoms with Crippen LogP contribution in [0.2, 0.25) is 5.02 Å². The molecule has 0 spiro atoms. The molecule has 3 heterocycles. The Bertz CT molecular complexity index is 1810. The molecule has 0 bridgehead atoms. The summed E-state index contributed by atoms with van der Waals surface area (Å²) in [4.78, 5) is 19.8. The van der Waals surface area contributed by atoms with Gasteiger partial charge in [-0.05, 0) is 36.8 Å². The number of benzene rings is 1. The lowest BCUT2D eigenvalue weighted by Gasteiger charge is -2.15. The van der Waals surface area contributed by atoms with Gasteiger partial charge < -0.3 is 4.74 Å². The van der Waals surface area contributed by atoms with Crippen LogP contribution in [0.5, 0.6) is 5.88 Å². The van der Waals surface area contributed by atoms with Gasteiger partial charge in [-0.3, -0.25) is 13.9 Å². The topological polar surface area (TPSA) is 137 Å². The second kappa shape index (κ2) is 10.6. The number of anilines is 1. The van der Waals surface area contributed by atoms with E-state index in [2.05, 4.69) is 14.7 Å². The molecule has 38 heavy (non-hydrogen) atoms. The maximum absolute atomic E-state index is 14.3. The van der Waals surface area contributed by atoms with Gasteiger partial charge in [0.15, 0.2) is 0 Å². The number of fused-ring (bicyclic) bond motifs is 1. The first-order chi connectivity index (χ1) is 17.8. The van der Waals surface area contributed by atoms with Crippen LogP contribution in [0.3, 0.4) is 0 Å². The molecule has 0 aliphatic rings. The van der Waals surface area contributed by atoms with Crippen molar-refractivity contribution in [1.29, 1.82) is 0 Å². The van der Waals surface area contributed by atoms with E-state index in [4.69, 9.17) is 16.3 Å². The average Bonchev–Trinajstić information content (AvgIpc) is 2.83. The third-order valence-electron chi connectivity index (χ3n) is 5.17. The van der Waals surface area contributed by atoms with Crippen molar-refractivity contribution < 1.29 is 30.4 Å². The van der Waals surface area contributed by atoms with Gasteiger partial charge in [-0.2, -0.15) is 0 Å². The summed E-state index contributed by atoms with van der Waals surface area (Å²) in [6, 6.07) is 6.47. The third-order valence-corrected chi connectivity index (χ3v) is 7.86. The van der Waals surface area contributed by atoms with Gasteiger partial charge in [-0.1, -0.05) is 11.6 Å². The van der Waals surface area contributed by atoms with Crippen molar-refractivity contribution in [1.82, 2.24) is 14.4 Å². The molecule has 0 fully saturated rings. The third kappa shape index (κ3) is 6.26. The molecule has 10 nitrogen and oxygen atoms in total. The van der Waals surface area contributed by atoms with Crippen molar-refractivity contribution >= 4 is 42.8 Å². The summed E-state index contributed by atoms with van der Waals surface area (Å²) in [5.74, 6) is -2.65. The average molecular weight is 585 g/mol. The highest BCUT2D eigenvalue weighted by Crippen LogP contribution is 2.31. The number of sulfonamides is 1. The summed E-state index contributed by atoms with van der Waals surface area (Å²) in [7, 11) is -7.83. The molecule has 15 heteroatoms. The van der Waals surface area contributed by atoms with E-state index >= 15 is 0 Å². The second-order valence-corrected chi connectivity index (χ2v) is 12.5. The number of halogens is 3. The molecule has 4 aromatic rings. The number of ether oxygens (including phenoxy) is 1. The van der Waals surface area contributed by atoms with Gasteiger partial charge in [0.05, 0.1) is 18.6 Å². The van der Waals surface area contributed by atoms with Crippen molar-refractivity contribution in [2.45, 2.75) is 11.3 Å². The van der Waals surface area contributed by atoms with Crippen LogP contribution in [-0.4, -0.2) is 49.8 Å². The van der Waals surface area contributed by atoms with Crippen molar-refractivity contribution in [3.05, 3.63) is 82.0 Å². The minimum Gasteiger partial charge on any atom is -0.476 e. The van der Waals surface area contributed by atoms with Crippen LogP contribution in [0.15, 0.2) is 64.7 Å². The Kier molecular flexibility index (Phi) is 7.67. The molecule has 0 amide bonds. The number of nitrogens with zero attached hydrogens (tertiary/aromatic N) is 3. The Labute approximate surface area is 220 Å². The highest BCUT2D eigenvalue weighted by Gasteiger charge is 2.23. The molecule has 3 aromatic heterocycles. The molecule has 0 radical (unpaired) electrons. The molecule has 200 valence electrons. The van der Waals surface area contributed by atoms with E-state index in [0.29, 0.717) is 22.8 Å². The van der Waals surface area contributed by atoms with Crippen LogP contribution in [0.25, 0.3) is 16.8 Å². The predicted octanol–water partition coefficient (Wildman–Crippen LogP) is 3.30. The lowest BCUT2D eigenvalue weighted by molar-refractivity contribution is 0.307. The molecular weight excluding hydrogens is 566 g/mol. The Hall–Kier alpha value is -3.62. The lowest BCUT2D eigenvalue weighted by Crippen LogP contribution is -2.17. The van der Waals surface area contributed by atoms with Crippen LogP contribution in [0, 0.1) is 11.6 Å². The molecule has 0 atom stereocenters. The van der Waals surface area contributed by atoms with E-state index in [1.165, 1.54) is 29.1 Å². The van der Waals surface area contributed by atoms with Crippen LogP contribution in [-0.2, 0) is 19.9 Å². The zero-order valence-corrected chi connectivity index (χ0v) is 21.9. The highest BCUT2D eigenvalue weighted by molar-refractivity contribution is 7.92. The lowest BCUT2D eigenvalue weighted by atomic mass is 10.1. The fraction of sp³-hybridized carbons (Fsp3) is 0.174. The first-order valence-corrected chi connectivity index (χ1v) is 14.7. The minimum absolute atomic E-state index is 0.0996. The minimum atomic E-state index is -4.57. The standard InChI is InChI=1S/C23H19ClF2N4O6S2/c1-37(32,33)8-2-7-36-22-19(29-38(34,35)20-5-4-16(25)10-18(20)26)9-15(11-28-22)14-3-6-21-27-12-17(24)23(31)30(21)13-14/h3-6,9-13,29H,2,7-8H2,1H3. The monoisotopic (exact) mass is 584 g/mol. The van der Waals surface area contributed by atoms with Gasteiger partial charge in [0.25, 0.3) is 15.6 Å². The number of pyridine rings is 2. The first-order valence-electron chi connectivity index (χ1n) is 10.8. The van der Waals surface area contributed by atoms with Gasteiger partial charge in [0.1, 0.15) is 42.7 Å². The number of sulfone groups is 1. The summed E-state index contributed by atoms with van der Waals surface area (Å²) in [6.07, 6.45) is 5.15. The molecule has 1 N–H and O–H groups in total. The summed E-state index contributed by atoms with van der Waals surface area (Å²) in [6.45, 7) is -0.116. The molecular formula is C23H19ClF2N4O6S2. The Morgan fingerprint density at radius 3 is 2.50 bits per heavy atom. The van der Waals surface area contributed by atoms with E-state index in [9.17, 15) is 30.4 Å². The van der Waals surface area contributed by atoms with E-state index in [1.54, 1.807) is 12.1 Å². The Balaban J connectivity index is 1.75. The Morgan fingerprint density at radius 1 is 1.03 bits per heavy atom. The van der Waals surface area contributed by atoms with Gasteiger partial charge in [-0.25, -0.2) is 35.6 Å². The fourth-order valence-corrected chi connectivity index (χ4v) is 5.30. The van der Waals surface area contributed by atoms with Gasteiger partial charge >= 0.3 is 0 Å². The van der Waals surface area contributed by atoms with Crippen molar-refractivity contribution in [3.8, 4) is 17.0 Å². The van der Waals surface area contributed by atoms with E-state index < -0.39 is 41.9 Å². The van der Waals surface area contributed by atoms with Crippen LogP contribution < -0.4 is 15.0 Å². The van der Waals surface area contributed by atoms with Gasteiger partial charge in [-0.15, -0.1) is 0 Å². The van der Waals surface area contributed by atoms with Crippen molar-refractivity contribution in [2.24, 2.45) is 0 Å². The summed E-state index contributed by atoms with van der Waals surface area (Å²) in [5, 5.41) is -0.106. The fourth-order valence-electron chi connectivity index (χ4n) is 3.41. The number of hydrogen-bond acceptors (Lipinski definition) is 8. The Morgan fingerprint density at radius 2 is 1.79 bits per heavy atom. The smallest absolute Gasteiger partial charge is 0.276 e. The largest absolute Gasteiger partial charge is 0.476 e.